The number of hydrogen-bond acceptors (Lipinski definition) is 3. The molecule has 17 heavy (non-hydrogen) atoms. The van der Waals surface area contributed by atoms with Gasteiger partial charge in [0.1, 0.15) is 0 Å². The van der Waals surface area contributed by atoms with E-state index in [0.717, 1.165) is 18.4 Å². The summed E-state index contributed by atoms with van der Waals surface area (Å²) in [5, 5.41) is 2.88. The SMILES string of the molecule is COCc1ccccc1C(=O)NCCCCN. The average Bonchev–Trinajstić information content (AvgIpc) is 2.35. The molecule has 4 heteroatoms. The molecule has 0 heterocycles. The summed E-state index contributed by atoms with van der Waals surface area (Å²) >= 11 is 0. The minimum atomic E-state index is -0.0466. The molecule has 0 spiro atoms. The lowest BCUT2D eigenvalue weighted by Gasteiger charge is -2.09. The van der Waals surface area contributed by atoms with Gasteiger partial charge in [0.25, 0.3) is 5.91 Å². The number of rotatable bonds is 7. The monoisotopic (exact) mass is 236 g/mol. The molecule has 1 rings (SSSR count). The lowest BCUT2D eigenvalue weighted by Crippen LogP contribution is -2.26. The van der Waals surface area contributed by atoms with Crippen LogP contribution in [0.15, 0.2) is 24.3 Å². The zero-order valence-electron chi connectivity index (χ0n) is 10.2. The van der Waals surface area contributed by atoms with Gasteiger partial charge in [-0.1, -0.05) is 18.2 Å². The van der Waals surface area contributed by atoms with Crippen molar-refractivity contribution in [1.29, 1.82) is 0 Å². The number of nitrogens with one attached hydrogen (secondary N) is 1. The average molecular weight is 236 g/mol. The van der Waals surface area contributed by atoms with Crippen molar-refractivity contribution in [3.05, 3.63) is 35.4 Å². The molecule has 4 nitrogen and oxygen atoms in total. The van der Waals surface area contributed by atoms with Gasteiger partial charge in [-0.25, -0.2) is 0 Å². The van der Waals surface area contributed by atoms with Crippen LogP contribution in [0.5, 0.6) is 0 Å². The van der Waals surface area contributed by atoms with Gasteiger partial charge in [0.2, 0.25) is 0 Å². The third-order valence-electron chi connectivity index (χ3n) is 2.48. The van der Waals surface area contributed by atoms with Gasteiger partial charge in [-0.3, -0.25) is 4.79 Å². The minimum Gasteiger partial charge on any atom is -0.380 e. The van der Waals surface area contributed by atoms with Crippen LogP contribution in [0, 0.1) is 0 Å². The van der Waals surface area contributed by atoms with Crippen LogP contribution in [0.3, 0.4) is 0 Å². The first-order chi connectivity index (χ1) is 8.29. The first-order valence-electron chi connectivity index (χ1n) is 5.84. The van der Waals surface area contributed by atoms with Crippen LogP contribution in [0.4, 0.5) is 0 Å². The molecule has 1 aromatic carbocycles. The van der Waals surface area contributed by atoms with Gasteiger partial charge < -0.3 is 15.8 Å². The van der Waals surface area contributed by atoms with E-state index in [1.807, 2.05) is 24.3 Å². The summed E-state index contributed by atoms with van der Waals surface area (Å²) in [7, 11) is 1.62. The van der Waals surface area contributed by atoms with Crippen molar-refractivity contribution in [2.75, 3.05) is 20.2 Å². The Labute approximate surface area is 102 Å². The second-order valence-corrected chi connectivity index (χ2v) is 3.84. The van der Waals surface area contributed by atoms with Crippen LogP contribution >= 0.6 is 0 Å². The summed E-state index contributed by atoms with van der Waals surface area (Å²) in [4.78, 5) is 11.9. The van der Waals surface area contributed by atoms with Gasteiger partial charge in [0.05, 0.1) is 6.61 Å². The Balaban J connectivity index is 2.55. The number of ether oxygens (including phenoxy) is 1. The molecule has 3 N–H and O–H groups in total. The minimum absolute atomic E-state index is 0.0466. The van der Waals surface area contributed by atoms with Gasteiger partial charge in [-0.15, -0.1) is 0 Å². The number of carbonyl (C=O) groups excluding carboxylic acids is 1. The molecule has 1 amide bonds. The van der Waals surface area contributed by atoms with Gasteiger partial charge in [-0.05, 0) is 31.0 Å². The standard InChI is InChI=1S/C13H20N2O2/c1-17-10-11-6-2-3-7-12(11)13(16)15-9-5-4-8-14/h2-3,6-7H,4-5,8-10,14H2,1H3,(H,15,16). The lowest BCUT2D eigenvalue weighted by molar-refractivity contribution is 0.0948. The molecule has 0 saturated heterocycles. The molecule has 0 aliphatic rings. The maximum absolute atomic E-state index is 11.9. The van der Waals surface area contributed by atoms with Crippen molar-refractivity contribution < 1.29 is 9.53 Å². The zero-order valence-corrected chi connectivity index (χ0v) is 10.2. The second kappa shape index (κ2) is 7.81. The maximum Gasteiger partial charge on any atom is 0.251 e. The number of benzene rings is 1. The molecule has 0 aliphatic carbocycles. The fourth-order valence-corrected chi connectivity index (χ4v) is 1.59. The predicted molar refractivity (Wildman–Crippen MR) is 67.8 cm³/mol. The Bertz CT molecular complexity index is 353. The predicted octanol–water partition coefficient (Wildman–Crippen LogP) is 1.30. The largest absolute Gasteiger partial charge is 0.380 e. The zero-order chi connectivity index (χ0) is 12.5. The summed E-state index contributed by atoms with van der Waals surface area (Å²) in [5.74, 6) is -0.0466. The Morgan fingerprint density at radius 1 is 1.35 bits per heavy atom. The fourth-order valence-electron chi connectivity index (χ4n) is 1.59. The highest BCUT2D eigenvalue weighted by atomic mass is 16.5. The van der Waals surface area contributed by atoms with E-state index in [1.54, 1.807) is 7.11 Å². The fraction of sp³-hybridized carbons (Fsp3) is 0.462. The van der Waals surface area contributed by atoms with Gasteiger partial charge in [0.15, 0.2) is 0 Å². The Morgan fingerprint density at radius 3 is 2.82 bits per heavy atom. The van der Waals surface area contributed by atoms with E-state index in [2.05, 4.69) is 5.32 Å². The van der Waals surface area contributed by atoms with Crippen LogP contribution in [0.1, 0.15) is 28.8 Å². The smallest absolute Gasteiger partial charge is 0.251 e. The summed E-state index contributed by atoms with van der Waals surface area (Å²) < 4.78 is 5.07. The normalized spacial score (nSPS) is 10.2. The summed E-state index contributed by atoms with van der Waals surface area (Å²) in [6, 6.07) is 7.47. The highest BCUT2D eigenvalue weighted by Crippen LogP contribution is 2.09. The van der Waals surface area contributed by atoms with Crippen molar-refractivity contribution in [1.82, 2.24) is 5.32 Å². The molecule has 0 aromatic heterocycles. The summed E-state index contributed by atoms with van der Waals surface area (Å²) in [6.07, 6.45) is 1.84. The quantitative estimate of drug-likeness (QED) is 0.701. The highest BCUT2D eigenvalue weighted by Gasteiger charge is 2.09. The number of nitrogens with two attached hydrogens (primary N) is 1. The highest BCUT2D eigenvalue weighted by molar-refractivity contribution is 5.95. The molecular weight excluding hydrogens is 216 g/mol. The topological polar surface area (TPSA) is 64.3 Å². The van der Waals surface area contributed by atoms with E-state index >= 15 is 0 Å². The van der Waals surface area contributed by atoms with Gasteiger partial charge >= 0.3 is 0 Å². The summed E-state index contributed by atoms with van der Waals surface area (Å²) in [6.45, 7) is 1.78. The molecule has 0 aliphatic heterocycles. The van der Waals surface area contributed by atoms with E-state index in [1.165, 1.54) is 0 Å². The molecule has 0 unspecified atom stereocenters. The number of carbonyl (C=O) groups is 1. The van der Waals surface area contributed by atoms with Gasteiger partial charge in [0, 0.05) is 19.2 Å². The molecular formula is C13H20N2O2. The van der Waals surface area contributed by atoms with Crippen molar-refractivity contribution in [2.24, 2.45) is 5.73 Å². The Hall–Kier alpha value is -1.39. The lowest BCUT2D eigenvalue weighted by atomic mass is 10.1. The Morgan fingerprint density at radius 2 is 2.12 bits per heavy atom. The number of methoxy groups -OCH3 is 1. The molecule has 0 atom stereocenters. The first kappa shape index (κ1) is 13.7. The van der Waals surface area contributed by atoms with Crippen molar-refractivity contribution >= 4 is 5.91 Å². The van der Waals surface area contributed by atoms with Crippen LogP contribution in [-0.2, 0) is 11.3 Å². The van der Waals surface area contributed by atoms with E-state index in [9.17, 15) is 4.79 Å². The number of hydrogen-bond donors (Lipinski definition) is 2. The molecule has 0 fully saturated rings. The number of unbranched alkanes of at least 4 members (excludes halogenated alkanes) is 1. The van der Waals surface area contributed by atoms with E-state index in [-0.39, 0.29) is 5.91 Å². The molecule has 0 saturated carbocycles. The van der Waals surface area contributed by atoms with Crippen LogP contribution in [0.2, 0.25) is 0 Å². The van der Waals surface area contributed by atoms with Crippen LogP contribution in [-0.4, -0.2) is 26.1 Å². The molecule has 94 valence electrons. The van der Waals surface area contributed by atoms with E-state index in [0.29, 0.717) is 25.3 Å². The van der Waals surface area contributed by atoms with Crippen LogP contribution < -0.4 is 11.1 Å². The first-order valence-corrected chi connectivity index (χ1v) is 5.84. The van der Waals surface area contributed by atoms with E-state index < -0.39 is 0 Å². The van der Waals surface area contributed by atoms with Crippen molar-refractivity contribution in [3.63, 3.8) is 0 Å². The summed E-state index contributed by atoms with van der Waals surface area (Å²) in [5.41, 5.74) is 6.98. The van der Waals surface area contributed by atoms with E-state index in [4.69, 9.17) is 10.5 Å². The third kappa shape index (κ3) is 4.54. The Kier molecular flexibility index (Phi) is 6.29. The number of amides is 1. The molecule has 1 aromatic rings. The van der Waals surface area contributed by atoms with Crippen molar-refractivity contribution in [3.8, 4) is 0 Å². The maximum atomic E-state index is 11.9. The van der Waals surface area contributed by atoms with Crippen LogP contribution in [0.25, 0.3) is 0 Å². The second-order valence-electron chi connectivity index (χ2n) is 3.84. The molecule has 0 bridgehead atoms. The molecule has 0 radical (unpaired) electrons. The third-order valence-corrected chi connectivity index (χ3v) is 2.48. The van der Waals surface area contributed by atoms with Gasteiger partial charge in [-0.2, -0.15) is 0 Å². The van der Waals surface area contributed by atoms with Crippen molar-refractivity contribution in [2.45, 2.75) is 19.4 Å².